The molecule has 0 aliphatic heterocycles. The Bertz CT molecular complexity index is 368. The van der Waals surface area contributed by atoms with Gasteiger partial charge in [0.05, 0.1) is 7.11 Å². The lowest BCUT2D eigenvalue weighted by Crippen LogP contribution is -2.04. The third kappa shape index (κ3) is 6.23. The number of hydrogen-bond acceptors (Lipinski definition) is 2. The molecular weight excluding hydrogens is 246 g/mol. The number of hydrogen-bond donors (Lipinski definition) is 1. The first-order valence-corrected chi connectivity index (χ1v) is 7.82. The van der Waals surface area contributed by atoms with Crippen molar-refractivity contribution >= 4 is 6.21 Å². The molecule has 1 saturated carbocycles. The molecular formula is C18H31NO. The van der Waals surface area contributed by atoms with Gasteiger partial charge in [-0.3, -0.25) is 0 Å². The van der Waals surface area contributed by atoms with Crippen molar-refractivity contribution in [2.45, 2.75) is 65.7 Å². The molecule has 2 rings (SSSR count). The van der Waals surface area contributed by atoms with E-state index in [-0.39, 0.29) is 0 Å². The van der Waals surface area contributed by atoms with Crippen LogP contribution in [0.1, 0.15) is 69.9 Å². The first-order chi connectivity index (χ1) is 9.72. The second-order valence-electron chi connectivity index (χ2n) is 4.85. The van der Waals surface area contributed by atoms with E-state index in [2.05, 4.69) is 25.1 Å². The summed E-state index contributed by atoms with van der Waals surface area (Å²) in [6, 6.07) is 6.65. The van der Waals surface area contributed by atoms with Crippen LogP contribution >= 0.6 is 0 Å². The minimum absolute atomic E-state index is 0.795. The minimum Gasteiger partial charge on any atom is -0.496 e. The van der Waals surface area contributed by atoms with E-state index in [9.17, 15) is 0 Å². The van der Waals surface area contributed by atoms with Crippen LogP contribution in [0.5, 0.6) is 5.75 Å². The summed E-state index contributed by atoms with van der Waals surface area (Å²) in [5.41, 5.74) is 2.77. The van der Waals surface area contributed by atoms with Gasteiger partial charge in [0.1, 0.15) is 5.75 Å². The standard InChI is InChI=1S/C14H20O.C2H5N.C2H6/c1-11-10-13(8-9-14(11)15-2)12-6-4-3-5-7-12;1-2-3;1-2/h8-10,12H,3-7H2,1-2H3;2-3H,1H3;1-2H3. The van der Waals surface area contributed by atoms with Gasteiger partial charge >= 0.3 is 0 Å². The van der Waals surface area contributed by atoms with Crippen LogP contribution in [-0.4, -0.2) is 13.3 Å². The second-order valence-corrected chi connectivity index (χ2v) is 4.85. The molecule has 0 aromatic heterocycles. The van der Waals surface area contributed by atoms with Gasteiger partial charge < -0.3 is 10.1 Å². The molecule has 0 bridgehead atoms. The van der Waals surface area contributed by atoms with Crippen LogP contribution in [0.25, 0.3) is 0 Å². The predicted molar refractivity (Wildman–Crippen MR) is 89.4 cm³/mol. The summed E-state index contributed by atoms with van der Waals surface area (Å²) in [5, 5.41) is 6.08. The highest BCUT2D eigenvalue weighted by atomic mass is 16.5. The van der Waals surface area contributed by atoms with Crippen LogP contribution in [0.15, 0.2) is 18.2 Å². The Hall–Kier alpha value is -1.31. The van der Waals surface area contributed by atoms with Crippen molar-refractivity contribution in [3.63, 3.8) is 0 Å². The van der Waals surface area contributed by atoms with Gasteiger partial charge in [-0.2, -0.15) is 0 Å². The Morgan fingerprint density at radius 3 is 2.15 bits per heavy atom. The maximum Gasteiger partial charge on any atom is 0.121 e. The molecule has 0 amide bonds. The summed E-state index contributed by atoms with van der Waals surface area (Å²) >= 11 is 0. The van der Waals surface area contributed by atoms with E-state index in [0.29, 0.717) is 0 Å². The number of nitrogens with one attached hydrogen (secondary N) is 1. The molecule has 2 nitrogen and oxygen atoms in total. The molecule has 0 unspecified atom stereocenters. The van der Waals surface area contributed by atoms with Gasteiger partial charge in [0.25, 0.3) is 0 Å². The van der Waals surface area contributed by atoms with Crippen molar-refractivity contribution in [2.75, 3.05) is 7.11 Å². The number of rotatable bonds is 2. The smallest absolute Gasteiger partial charge is 0.121 e. The molecule has 1 aliphatic rings. The summed E-state index contributed by atoms with van der Waals surface area (Å²) < 4.78 is 5.29. The molecule has 0 heterocycles. The third-order valence-electron chi connectivity index (χ3n) is 3.50. The Morgan fingerprint density at radius 1 is 1.15 bits per heavy atom. The van der Waals surface area contributed by atoms with E-state index in [4.69, 9.17) is 10.1 Å². The predicted octanol–water partition coefficient (Wildman–Crippen LogP) is 5.73. The van der Waals surface area contributed by atoms with Crippen molar-refractivity contribution in [1.29, 1.82) is 5.41 Å². The lowest BCUT2D eigenvalue weighted by molar-refractivity contribution is 0.410. The summed E-state index contributed by atoms with van der Waals surface area (Å²) in [6.07, 6.45) is 8.20. The molecule has 0 atom stereocenters. The Morgan fingerprint density at radius 2 is 1.70 bits per heavy atom. The van der Waals surface area contributed by atoms with E-state index in [1.165, 1.54) is 49.4 Å². The monoisotopic (exact) mass is 277 g/mol. The molecule has 1 aromatic rings. The van der Waals surface area contributed by atoms with Crippen molar-refractivity contribution in [3.05, 3.63) is 29.3 Å². The molecule has 20 heavy (non-hydrogen) atoms. The van der Waals surface area contributed by atoms with E-state index < -0.39 is 0 Å². The third-order valence-corrected chi connectivity index (χ3v) is 3.50. The van der Waals surface area contributed by atoms with Gasteiger partial charge in [-0.25, -0.2) is 0 Å². The van der Waals surface area contributed by atoms with Crippen molar-refractivity contribution in [2.24, 2.45) is 0 Å². The number of ether oxygens (including phenoxy) is 1. The zero-order chi connectivity index (χ0) is 15.4. The van der Waals surface area contributed by atoms with Gasteiger partial charge in [0, 0.05) is 0 Å². The largest absolute Gasteiger partial charge is 0.496 e. The second kappa shape index (κ2) is 11.5. The maximum atomic E-state index is 6.08. The quantitative estimate of drug-likeness (QED) is 0.688. The average Bonchev–Trinajstić information content (AvgIpc) is 2.51. The van der Waals surface area contributed by atoms with Gasteiger partial charge in [0.2, 0.25) is 0 Å². The fraction of sp³-hybridized carbons (Fsp3) is 0.611. The van der Waals surface area contributed by atoms with Crippen LogP contribution < -0.4 is 4.74 Å². The van der Waals surface area contributed by atoms with Crippen molar-refractivity contribution in [3.8, 4) is 5.75 Å². The van der Waals surface area contributed by atoms with Crippen LogP contribution in [0.2, 0.25) is 0 Å². The topological polar surface area (TPSA) is 33.1 Å². The zero-order valence-electron chi connectivity index (χ0n) is 13.8. The van der Waals surface area contributed by atoms with E-state index in [1.54, 1.807) is 14.0 Å². The normalized spacial score (nSPS) is 14.2. The van der Waals surface area contributed by atoms with Crippen molar-refractivity contribution in [1.82, 2.24) is 0 Å². The molecule has 1 aromatic carbocycles. The lowest BCUT2D eigenvalue weighted by Gasteiger charge is -2.22. The van der Waals surface area contributed by atoms with Crippen LogP contribution in [-0.2, 0) is 0 Å². The summed E-state index contributed by atoms with van der Waals surface area (Å²) in [5.74, 6) is 1.80. The van der Waals surface area contributed by atoms with E-state index >= 15 is 0 Å². The first-order valence-electron chi connectivity index (χ1n) is 7.82. The molecule has 0 spiro atoms. The molecule has 0 saturated heterocycles. The minimum atomic E-state index is 0.795. The maximum absolute atomic E-state index is 6.08. The molecule has 1 N–H and O–H groups in total. The Labute approximate surface area is 125 Å². The molecule has 1 aliphatic carbocycles. The number of methoxy groups -OCH3 is 1. The van der Waals surface area contributed by atoms with Crippen LogP contribution in [0, 0.1) is 12.3 Å². The summed E-state index contributed by atoms with van der Waals surface area (Å²) in [7, 11) is 1.74. The van der Waals surface area contributed by atoms with Gasteiger partial charge in [-0.15, -0.1) is 0 Å². The van der Waals surface area contributed by atoms with Crippen LogP contribution in [0.4, 0.5) is 0 Å². The van der Waals surface area contributed by atoms with E-state index in [1.807, 2.05) is 13.8 Å². The average molecular weight is 277 g/mol. The Kier molecular flexibility index (Phi) is 10.8. The Balaban J connectivity index is 0.000000641. The molecule has 114 valence electrons. The highest BCUT2D eigenvalue weighted by molar-refractivity contribution is 5.48. The van der Waals surface area contributed by atoms with Gasteiger partial charge in [0.15, 0.2) is 0 Å². The van der Waals surface area contributed by atoms with Crippen LogP contribution in [0.3, 0.4) is 0 Å². The first kappa shape index (κ1) is 18.7. The SMILES string of the molecule is CC.CC=N.COc1ccc(C2CCCCC2)cc1C. The zero-order valence-corrected chi connectivity index (χ0v) is 13.8. The van der Waals surface area contributed by atoms with Crippen molar-refractivity contribution < 1.29 is 4.74 Å². The molecule has 0 radical (unpaired) electrons. The lowest BCUT2D eigenvalue weighted by atomic mass is 9.83. The fourth-order valence-electron chi connectivity index (χ4n) is 2.59. The summed E-state index contributed by atoms with van der Waals surface area (Å²) in [4.78, 5) is 0. The molecule has 2 heteroatoms. The highest BCUT2D eigenvalue weighted by Crippen LogP contribution is 2.34. The number of benzene rings is 1. The highest BCUT2D eigenvalue weighted by Gasteiger charge is 2.15. The molecule has 1 fully saturated rings. The number of aryl methyl sites for hydroxylation is 1. The fourth-order valence-corrected chi connectivity index (χ4v) is 2.59. The van der Waals surface area contributed by atoms with Gasteiger partial charge in [-0.1, -0.05) is 45.2 Å². The van der Waals surface area contributed by atoms with Gasteiger partial charge in [-0.05, 0) is 56.0 Å². The van der Waals surface area contributed by atoms with E-state index in [0.717, 1.165) is 11.7 Å². The summed E-state index contributed by atoms with van der Waals surface area (Å²) in [6.45, 7) is 7.80.